The van der Waals surface area contributed by atoms with E-state index in [1.807, 2.05) is 4.90 Å². The van der Waals surface area contributed by atoms with Gasteiger partial charge in [0.1, 0.15) is 0 Å². The van der Waals surface area contributed by atoms with Gasteiger partial charge in [-0.15, -0.1) is 0 Å². The van der Waals surface area contributed by atoms with Crippen molar-refractivity contribution in [2.75, 3.05) is 52.9 Å². The molecule has 5 nitrogen and oxygen atoms in total. The molecule has 0 aliphatic carbocycles. The Morgan fingerprint density at radius 1 is 1.08 bits per heavy atom. The molecule has 25 heavy (non-hydrogen) atoms. The molecule has 0 aromatic heterocycles. The van der Waals surface area contributed by atoms with Gasteiger partial charge in [-0.2, -0.15) is 0 Å². The standard InChI is InChI=1S/C18H35F2N5/c1-3-24-10-5-15(6-11-24)4-9-22-18(21-2)23-16-7-12-25(13-8-16)14-17(19)20/h15-17H,3-14H2,1-2H3,(H2,21,22,23). The van der Waals surface area contributed by atoms with E-state index in [9.17, 15) is 8.78 Å². The van der Waals surface area contributed by atoms with Crippen molar-refractivity contribution in [1.29, 1.82) is 0 Å². The Labute approximate surface area is 151 Å². The quantitative estimate of drug-likeness (QED) is 0.539. The maximum absolute atomic E-state index is 12.4. The molecule has 2 heterocycles. The molecule has 0 atom stereocenters. The molecule has 2 fully saturated rings. The summed E-state index contributed by atoms with van der Waals surface area (Å²) in [4.78, 5) is 8.68. The number of halogens is 2. The third-order valence-electron chi connectivity index (χ3n) is 5.55. The van der Waals surface area contributed by atoms with Crippen molar-refractivity contribution in [3.63, 3.8) is 0 Å². The molecule has 0 spiro atoms. The zero-order valence-corrected chi connectivity index (χ0v) is 15.8. The second kappa shape index (κ2) is 10.9. The van der Waals surface area contributed by atoms with Gasteiger partial charge in [-0.25, -0.2) is 8.78 Å². The number of rotatable bonds is 7. The molecule has 2 rings (SSSR count). The molecule has 2 N–H and O–H groups in total. The number of hydrogen-bond acceptors (Lipinski definition) is 3. The van der Waals surface area contributed by atoms with E-state index in [-0.39, 0.29) is 6.54 Å². The van der Waals surface area contributed by atoms with Crippen molar-refractivity contribution in [2.45, 2.75) is 51.5 Å². The fraction of sp³-hybridized carbons (Fsp3) is 0.944. The van der Waals surface area contributed by atoms with Gasteiger partial charge in [0.2, 0.25) is 0 Å². The van der Waals surface area contributed by atoms with Crippen LogP contribution in [0.1, 0.15) is 39.0 Å². The zero-order valence-electron chi connectivity index (χ0n) is 15.8. The van der Waals surface area contributed by atoms with Crippen LogP contribution in [0.15, 0.2) is 4.99 Å². The summed E-state index contributed by atoms with van der Waals surface area (Å²) >= 11 is 0. The molecule has 7 heteroatoms. The fourth-order valence-electron chi connectivity index (χ4n) is 3.83. The van der Waals surface area contributed by atoms with E-state index in [1.165, 1.54) is 32.4 Å². The largest absolute Gasteiger partial charge is 0.356 e. The molecule has 0 saturated carbocycles. The van der Waals surface area contributed by atoms with Gasteiger partial charge in [0.25, 0.3) is 6.43 Å². The molecule has 2 aliphatic rings. The first kappa shape index (κ1) is 20.4. The van der Waals surface area contributed by atoms with Crippen LogP contribution in [0.4, 0.5) is 8.78 Å². The van der Waals surface area contributed by atoms with Gasteiger partial charge >= 0.3 is 0 Å². The first-order chi connectivity index (χ1) is 12.1. The van der Waals surface area contributed by atoms with Crippen LogP contribution < -0.4 is 10.6 Å². The molecule has 2 saturated heterocycles. The Balaban J connectivity index is 1.60. The molecule has 2 aliphatic heterocycles. The predicted octanol–water partition coefficient (Wildman–Crippen LogP) is 2.00. The Morgan fingerprint density at radius 2 is 1.72 bits per heavy atom. The highest BCUT2D eigenvalue weighted by atomic mass is 19.3. The van der Waals surface area contributed by atoms with Crippen LogP contribution in [-0.4, -0.2) is 81.1 Å². The Hall–Kier alpha value is -0.950. The normalized spacial score (nSPS) is 22.5. The van der Waals surface area contributed by atoms with Gasteiger partial charge in [-0.1, -0.05) is 6.92 Å². The Morgan fingerprint density at radius 3 is 2.28 bits per heavy atom. The molecular weight excluding hydrogens is 324 g/mol. The summed E-state index contributed by atoms with van der Waals surface area (Å²) in [7, 11) is 1.79. The number of likely N-dealkylation sites (tertiary alicyclic amines) is 2. The molecule has 0 unspecified atom stereocenters. The lowest BCUT2D eigenvalue weighted by Gasteiger charge is -2.33. The van der Waals surface area contributed by atoms with Crippen LogP contribution >= 0.6 is 0 Å². The molecule has 0 bridgehead atoms. The van der Waals surface area contributed by atoms with E-state index in [1.54, 1.807) is 7.05 Å². The second-order valence-electron chi connectivity index (χ2n) is 7.28. The summed E-state index contributed by atoms with van der Waals surface area (Å²) in [6.07, 6.45) is 3.33. The minimum absolute atomic E-state index is 0.101. The SMILES string of the molecule is CCN1CCC(CCNC(=NC)NC2CCN(CC(F)F)CC2)CC1. The lowest BCUT2D eigenvalue weighted by Crippen LogP contribution is -2.49. The first-order valence-corrected chi connectivity index (χ1v) is 9.80. The highest BCUT2D eigenvalue weighted by molar-refractivity contribution is 5.79. The van der Waals surface area contributed by atoms with Gasteiger partial charge in [-0.3, -0.25) is 9.89 Å². The van der Waals surface area contributed by atoms with Crippen LogP contribution in [0.3, 0.4) is 0 Å². The van der Waals surface area contributed by atoms with Crippen molar-refractivity contribution < 1.29 is 8.78 Å². The minimum atomic E-state index is -2.23. The van der Waals surface area contributed by atoms with Crippen LogP contribution in [0, 0.1) is 5.92 Å². The average Bonchev–Trinajstić information content (AvgIpc) is 2.62. The molecule has 0 radical (unpaired) electrons. The van der Waals surface area contributed by atoms with Crippen molar-refractivity contribution in [3.05, 3.63) is 0 Å². The van der Waals surface area contributed by atoms with E-state index in [2.05, 4.69) is 27.4 Å². The summed E-state index contributed by atoms with van der Waals surface area (Å²) < 4.78 is 24.9. The highest BCUT2D eigenvalue weighted by Crippen LogP contribution is 2.19. The predicted molar refractivity (Wildman–Crippen MR) is 99.4 cm³/mol. The molecule has 0 aromatic carbocycles. The number of alkyl halides is 2. The van der Waals surface area contributed by atoms with Crippen LogP contribution in [0.2, 0.25) is 0 Å². The van der Waals surface area contributed by atoms with Gasteiger partial charge < -0.3 is 15.5 Å². The number of nitrogens with zero attached hydrogens (tertiary/aromatic N) is 3. The molecule has 146 valence electrons. The van der Waals surface area contributed by atoms with Crippen LogP contribution in [-0.2, 0) is 0 Å². The summed E-state index contributed by atoms with van der Waals surface area (Å²) in [5.41, 5.74) is 0. The first-order valence-electron chi connectivity index (χ1n) is 9.80. The average molecular weight is 360 g/mol. The van der Waals surface area contributed by atoms with Gasteiger partial charge in [0.15, 0.2) is 5.96 Å². The Kier molecular flexibility index (Phi) is 8.89. The highest BCUT2D eigenvalue weighted by Gasteiger charge is 2.22. The van der Waals surface area contributed by atoms with Crippen LogP contribution in [0.5, 0.6) is 0 Å². The fourth-order valence-corrected chi connectivity index (χ4v) is 3.83. The van der Waals surface area contributed by atoms with E-state index < -0.39 is 6.43 Å². The lowest BCUT2D eigenvalue weighted by molar-refractivity contribution is 0.0744. The minimum Gasteiger partial charge on any atom is -0.356 e. The topological polar surface area (TPSA) is 42.9 Å². The van der Waals surface area contributed by atoms with Gasteiger partial charge in [0.05, 0.1) is 6.54 Å². The summed E-state index contributed by atoms with van der Waals surface area (Å²) in [5, 5.41) is 6.87. The van der Waals surface area contributed by atoms with E-state index in [0.29, 0.717) is 6.04 Å². The zero-order chi connectivity index (χ0) is 18.1. The maximum atomic E-state index is 12.4. The molecule has 0 amide bonds. The molecular formula is C18H35F2N5. The second-order valence-corrected chi connectivity index (χ2v) is 7.28. The van der Waals surface area contributed by atoms with E-state index >= 15 is 0 Å². The number of hydrogen-bond donors (Lipinski definition) is 2. The van der Waals surface area contributed by atoms with Crippen LogP contribution in [0.25, 0.3) is 0 Å². The molecule has 0 aromatic rings. The monoisotopic (exact) mass is 359 g/mol. The third kappa shape index (κ3) is 7.44. The number of aliphatic imine (C=N–C) groups is 1. The maximum Gasteiger partial charge on any atom is 0.251 e. The number of guanidine groups is 1. The lowest BCUT2D eigenvalue weighted by atomic mass is 9.93. The smallest absolute Gasteiger partial charge is 0.251 e. The van der Waals surface area contributed by atoms with Crippen molar-refractivity contribution in [2.24, 2.45) is 10.9 Å². The van der Waals surface area contributed by atoms with Crippen molar-refractivity contribution >= 4 is 5.96 Å². The van der Waals surface area contributed by atoms with Crippen molar-refractivity contribution in [1.82, 2.24) is 20.4 Å². The van der Waals surface area contributed by atoms with Gasteiger partial charge in [0, 0.05) is 32.7 Å². The summed E-state index contributed by atoms with van der Waals surface area (Å²) in [5.74, 6) is 1.66. The summed E-state index contributed by atoms with van der Waals surface area (Å²) in [6.45, 7) is 8.16. The Bertz CT molecular complexity index is 389. The van der Waals surface area contributed by atoms with Gasteiger partial charge in [-0.05, 0) is 57.7 Å². The van der Waals surface area contributed by atoms with E-state index in [4.69, 9.17) is 0 Å². The van der Waals surface area contributed by atoms with E-state index in [0.717, 1.165) is 50.9 Å². The summed E-state index contributed by atoms with van der Waals surface area (Å²) in [6, 6.07) is 0.327. The third-order valence-corrected chi connectivity index (χ3v) is 5.55. The van der Waals surface area contributed by atoms with Crippen molar-refractivity contribution in [3.8, 4) is 0 Å². The number of piperidine rings is 2. The number of nitrogens with one attached hydrogen (secondary N) is 2.